The summed E-state index contributed by atoms with van der Waals surface area (Å²) in [6, 6.07) is 1.71. The Labute approximate surface area is 91.8 Å². The second-order valence-electron chi connectivity index (χ2n) is 3.12. The molecule has 1 aromatic rings. The molecule has 1 heterocycles. The van der Waals surface area contributed by atoms with Crippen LogP contribution < -0.4 is 0 Å². The lowest BCUT2D eigenvalue weighted by Gasteiger charge is -2.22. The Hall–Kier alpha value is -1.36. The summed E-state index contributed by atoms with van der Waals surface area (Å²) in [7, 11) is 2.49. The van der Waals surface area contributed by atoms with Crippen molar-refractivity contribution in [1.29, 1.82) is 0 Å². The average molecular weight is 228 g/mol. The molecule has 0 aliphatic rings. The van der Waals surface area contributed by atoms with Crippen molar-refractivity contribution in [3.63, 3.8) is 0 Å². The third-order valence-electron chi connectivity index (χ3n) is 2.29. The zero-order valence-corrected chi connectivity index (χ0v) is 9.59. The molecule has 0 fully saturated rings. The van der Waals surface area contributed by atoms with Gasteiger partial charge in [-0.2, -0.15) is 11.3 Å². The van der Waals surface area contributed by atoms with Crippen LogP contribution in [0.15, 0.2) is 16.8 Å². The zero-order valence-electron chi connectivity index (χ0n) is 8.77. The number of carbonyl (C=O) groups is 2. The predicted octanol–water partition coefficient (Wildman–Crippen LogP) is 1.35. The Morgan fingerprint density at radius 2 is 1.80 bits per heavy atom. The third kappa shape index (κ3) is 1.87. The SMILES string of the molecule is COC(=O)C(C)(C(=O)OC)c1ccsc1. The van der Waals surface area contributed by atoms with Crippen LogP contribution in [-0.4, -0.2) is 26.2 Å². The molecule has 0 saturated carbocycles. The number of methoxy groups -OCH3 is 2. The predicted molar refractivity (Wildman–Crippen MR) is 55.7 cm³/mol. The highest BCUT2D eigenvalue weighted by Gasteiger charge is 2.45. The van der Waals surface area contributed by atoms with Gasteiger partial charge in [0.1, 0.15) is 0 Å². The molecule has 0 radical (unpaired) electrons. The monoisotopic (exact) mass is 228 g/mol. The quantitative estimate of drug-likeness (QED) is 0.579. The number of hydrogen-bond acceptors (Lipinski definition) is 5. The molecule has 0 saturated heterocycles. The summed E-state index contributed by atoms with van der Waals surface area (Å²) in [6.45, 7) is 1.49. The molecular weight excluding hydrogens is 216 g/mol. The second kappa shape index (κ2) is 4.44. The zero-order chi connectivity index (χ0) is 11.5. The average Bonchev–Trinajstić information content (AvgIpc) is 2.79. The van der Waals surface area contributed by atoms with Crippen molar-refractivity contribution < 1.29 is 19.1 Å². The number of rotatable bonds is 3. The maximum atomic E-state index is 11.6. The van der Waals surface area contributed by atoms with Crippen molar-refractivity contribution in [2.24, 2.45) is 0 Å². The number of ether oxygens (including phenoxy) is 2. The van der Waals surface area contributed by atoms with Crippen LogP contribution in [0, 0.1) is 0 Å². The van der Waals surface area contributed by atoms with E-state index in [4.69, 9.17) is 0 Å². The second-order valence-corrected chi connectivity index (χ2v) is 3.90. The van der Waals surface area contributed by atoms with E-state index in [1.165, 1.54) is 32.5 Å². The summed E-state index contributed by atoms with van der Waals surface area (Å²) in [6.07, 6.45) is 0. The van der Waals surface area contributed by atoms with Crippen molar-refractivity contribution >= 4 is 23.3 Å². The lowest BCUT2D eigenvalue weighted by atomic mass is 9.84. The first-order valence-corrected chi connectivity index (χ1v) is 5.21. The summed E-state index contributed by atoms with van der Waals surface area (Å²) in [5.41, 5.74) is -0.782. The van der Waals surface area contributed by atoms with Gasteiger partial charge in [0, 0.05) is 0 Å². The molecule has 0 atom stereocenters. The van der Waals surface area contributed by atoms with Crippen LogP contribution in [0.2, 0.25) is 0 Å². The van der Waals surface area contributed by atoms with E-state index >= 15 is 0 Å². The lowest BCUT2D eigenvalue weighted by molar-refractivity contribution is -0.160. The van der Waals surface area contributed by atoms with Gasteiger partial charge in [-0.05, 0) is 29.3 Å². The lowest BCUT2D eigenvalue weighted by Crippen LogP contribution is -2.42. The van der Waals surface area contributed by atoms with Gasteiger partial charge in [0.15, 0.2) is 5.41 Å². The van der Waals surface area contributed by atoms with Crippen LogP contribution in [0.4, 0.5) is 0 Å². The summed E-state index contributed by atoms with van der Waals surface area (Å²) < 4.78 is 9.25. The molecule has 15 heavy (non-hydrogen) atoms. The molecule has 0 aliphatic carbocycles. The third-order valence-corrected chi connectivity index (χ3v) is 2.97. The molecule has 4 nitrogen and oxygen atoms in total. The van der Waals surface area contributed by atoms with E-state index in [1.807, 2.05) is 0 Å². The Kier molecular flexibility index (Phi) is 3.47. The van der Waals surface area contributed by atoms with E-state index in [0.717, 1.165) is 0 Å². The van der Waals surface area contributed by atoms with Crippen LogP contribution in [0.5, 0.6) is 0 Å². The van der Waals surface area contributed by atoms with Crippen molar-refractivity contribution in [1.82, 2.24) is 0 Å². The van der Waals surface area contributed by atoms with E-state index in [9.17, 15) is 9.59 Å². The fraction of sp³-hybridized carbons (Fsp3) is 0.400. The minimum absolute atomic E-state index is 0.589. The Balaban J connectivity index is 3.19. The van der Waals surface area contributed by atoms with Crippen LogP contribution in [0.1, 0.15) is 12.5 Å². The molecule has 0 aliphatic heterocycles. The topological polar surface area (TPSA) is 52.6 Å². The fourth-order valence-electron chi connectivity index (χ4n) is 1.28. The Morgan fingerprint density at radius 1 is 1.27 bits per heavy atom. The molecule has 0 bridgehead atoms. The van der Waals surface area contributed by atoms with Crippen LogP contribution in [0.25, 0.3) is 0 Å². The van der Waals surface area contributed by atoms with E-state index in [-0.39, 0.29) is 0 Å². The van der Waals surface area contributed by atoms with Crippen LogP contribution in [0.3, 0.4) is 0 Å². The molecule has 1 aromatic heterocycles. The number of esters is 2. The Morgan fingerprint density at radius 3 is 2.13 bits per heavy atom. The number of thiophene rings is 1. The molecule has 0 amide bonds. The molecule has 82 valence electrons. The summed E-state index contributed by atoms with van der Waals surface area (Å²) in [5.74, 6) is -1.24. The van der Waals surface area contributed by atoms with Crippen LogP contribution >= 0.6 is 11.3 Å². The van der Waals surface area contributed by atoms with Gasteiger partial charge in [0.2, 0.25) is 0 Å². The normalized spacial score (nSPS) is 10.9. The Bertz CT molecular complexity index is 340. The molecule has 0 spiro atoms. The molecule has 0 N–H and O–H groups in total. The van der Waals surface area contributed by atoms with Crippen molar-refractivity contribution in [2.75, 3.05) is 14.2 Å². The highest BCUT2D eigenvalue weighted by atomic mass is 32.1. The maximum Gasteiger partial charge on any atom is 0.327 e. The van der Waals surface area contributed by atoms with E-state index < -0.39 is 17.4 Å². The first kappa shape index (κ1) is 11.7. The first-order valence-electron chi connectivity index (χ1n) is 4.27. The van der Waals surface area contributed by atoms with Gasteiger partial charge in [-0.3, -0.25) is 9.59 Å². The van der Waals surface area contributed by atoms with Gasteiger partial charge in [0.05, 0.1) is 14.2 Å². The van der Waals surface area contributed by atoms with E-state index in [1.54, 1.807) is 16.8 Å². The summed E-state index contributed by atoms with van der Waals surface area (Å²) in [5, 5.41) is 3.52. The summed E-state index contributed by atoms with van der Waals surface area (Å²) >= 11 is 1.41. The minimum atomic E-state index is -1.37. The van der Waals surface area contributed by atoms with Gasteiger partial charge in [-0.1, -0.05) is 0 Å². The smallest absolute Gasteiger partial charge is 0.327 e. The van der Waals surface area contributed by atoms with Crippen molar-refractivity contribution in [3.8, 4) is 0 Å². The molecule has 0 unspecified atom stereocenters. The summed E-state index contributed by atoms with van der Waals surface area (Å²) in [4.78, 5) is 23.2. The first-order chi connectivity index (χ1) is 7.07. The van der Waals surface area contributed by atoms with Gasteiger partial charge in [-0.15, -0.1) is 0 Å². The number of hydrogen-bond donors (Lipinski definition) is 0. The van der Waals surface area contributed by atoms with E-state index in [2.05, 4.69) is 9.47 Å². The van der Waals surface area contributed by atoms with Crippen molar-refractivity contribution in [2.45, 2.75) is 12.3 Å². The van der Waals surface area contributed by atoms with Gasteiger partial charge in [-0.25, -0.2) is 0 Å². The fourth-order valence-corrected chi connectivity index (χ4v) is 2.04. The molecule has 0 aromatic carbocycles. The maximum absolute atomic E-state index is 11.6. The molecule has 1 rings (SSSR count). The van der Waals surface area contributed by atoms with E-state index in [0.29, 0.717) is 5.56 Å². The largest absolute Gasteiger partial charge is 0.468 e. The highest BCUT2D eigenvalue weighted by molar-refractivity contribution is 7.08. The van der Waals surface area contributed by atoms with Gasteiger partial charge >= 0.3 is 11.9 Å². The van der Waals surface area contributed by atoms with Gasteiger partial charge < -0.3 is 9.47 Å². The van der Waals surface area contributed by atoms with Crippen LogP contribution in [-0.2, 0) is 24.5 Å². The molecule has 5 heteroatoms. The minimum Gasteiger partial charge on any atom is -0.468 e. The number of carbonyl (C=O) groups excluding carboxylic acids is 2. The van der Waals surface area contributed by atoms with Gasteiger partial charge in [0.25, 0.3) is 0 Å². The van der Waals surface area contributed by atoms with Crippen molar-refractivity contribution in [3.05, 3.63) is 22.4 Å². The highest BCUT2D eigenvalue weighted by Crippen LogP contribution is 2.28. The molecular formula is C10H12O4S. The standard InChI is InChI=1S/C10H12O4S/c1-10(8(11)13-2,9(12)14-3)7-4-5-15-6-7/h4-6H,1-3H3.